The average Bonchev–Trinajstić information content (AvgIpc) is 3.16. The van der Waals surface area contributed by atoms with E-state index >= 15 is 0 Å². The molecule has 0 spiro atoms. The number of sulfonamides is 1. The summed E-state index contributed by atoms with van der Waals surface area (Å²) in [6, 6.07) is 3.44. The summed E-state index contributed by atoms with van der Waals surface area (Å²) in [5, 5.41) is 7.36. The van der Waals surface area contributed by atoms with E-state index in [1.165, 1.54) is 34.6 Å². The van der Waals surface area contributed by atoms with Crippen LogP contribution in [-0.2, 0) is 23.1 Å². The lowest BCUT2D eigenvalue weighted by atomic mass is 10.4. The maximum atomic E-state index is 12.1. The highest BCUT2D eigenvalue weighted by molar-refractivity contribution is 14.0. The van der Waals surface area contributed by atoms with E-state index in [-0.39, 0.29) is 24.0 Å². The van der Waals surface area contributed by atoms with Gasteiger partial charge in [-0.1, -0.05) is 0 Å². The van der Waals surface area contributed by atoms with Crippen LogP contribution in [0.5, 0.6) is 0 Å². The third kappa shape index (κ3) is 6.16. The first-order valence-electron chi connectivity index (χ1n) is 7.20. The lowest BCUT2D eigenvalue weighted by Gasteiger charge is -2.10. The van der Waals surface area contributed by atoms with Crippen LogP contribution in [0.15, 0.2) is 27.5 Å². The monoisotopic (exact) mass is 515 g/mol. The number of thiophene rings is 1. The van der Waals surface area contributed by atoms with E-state index in [0.29, 0.717) is 23.3 Å². The quantitative estimate of drug-likeness (QED) is 0.350. The smallest absolute Gasteiger partial charge is 0.252 e. The van der Waals surface area contributed by atoms with Gasteiger partial charge in [0.25, 0.3) is 10.0 Å². The van der Waals surface area contributed by atoms with Crippen LogP contribution < -0.4 is 10.6 Å². The topological polar surface area (TPSA) is 86.7 Å². The number of rotatable bonds is 6. The molecule has 0 aliphatic heterocycles. The van der Waals surface area contributed by atoms with Crippen molar-refractivity contribution in [1.29, 1.82) is 0 Å². The van der Waals surface area contributed by atoms with Gasteiger partial charge in [-0.3, -0.25) is 4.99 Å². The SMILES string of the molecule is CN=C(NCc1ccc(S(=O)(=O)N(C)C)s1)NCc1ncc(C)s1.I. The van der Waals surface area contributed by atoms with Crippen LogP contribution in [0, 0.1) is 6.92 Å². The predicted molar refractivity (Wildman–Crippen MR) is 114 cm³/mol. The Kier molecular flexibility index (Phi) is 8.74. The van der Waals surface area contributed by atoms with Gasteiger partial charge in [0, 0.05) is 37.1 Å². The Morgan fingerprint density at radius 1 is 1.24 bits per heavy atom. The maximum Gasteiger partial charge on any atom is 0.252 e. The first kappa shape index (κ1) is 22.3. The number of guanidine groups is 1. The van der Waals surface area contributed by atoms with Crippen LogP contribution >= 0.6 is 46.7 Å². The molecule has 0 fully saturated rings. The lowest BCUT2D eigenvalue weighted by Crippen LogP contribution is -2.36. The Labute approximate surface area is 173 Å². The number of halogens is 1. The molecule has 140 valence electrons. The number of thiazole rings is 1. The van der Waals surface area contributed by atoms with Crippen LogP contribution in [-0.4, -0.2) is 44.8 Å². The molecule has 0 amide bonds. The van der Waals surface area contributed by atoms with Crippen molar-refractivity contribution in [3.63, 3.8) is 0 Å². The second kappa shape index (κ2) is 9.80. The fraction of sp³-hybridized carbons (Fsp3) is 0.429. The number of aliphatic imine (C=N–C) groups is 1. The summed E-state index contributed by atoms with van der Waals surface area (Å²) < 4.78 is 25.7. The van der Waals surface area contributed by atoms with Crippen LogP contribution in [0.25, 0.3) is 0 Å². The number of hydrogen-bond donors (Lipinski definition) is 2. The molecule has 2 rings (SSSR count). The predicted octanol–water partition coefficient (Wildman–Crippen LogP) is 2.25. The molecule has 0 unspecified atom stereocenters. The Morgan fingerprint density at radius 3 is 2.48 bits per heavy atom. The van der Waals surface area contributed by atoms with Crippen molar-refractivity contribution in [2.45, 2.75) is 24.2 Å². The minimum absolute atomic E-state index is 0. The number of hydrogen-bond acceptors (Lipinski definition) is 6. The number of aryl methyl sites for hydroxylation is 1. The second-order valence-electron chi connectivity index (χ2n) is 5.15. The zero-order valence-electron chi connectivity index (χ0n) is 14.4. The van der Waals surface area contributed by atoms with Crippen LogP contribution in [0.3, 0.4) is 0 Å². The molecule has 0 atom stereocenters. The number of nitrogens with one attached hydrogen (secondary N) is 2. The highest BCUT2D eigenvalue weighted by atomic mass is 127. The molecule has 2 heterocycles. The highest BCUT2D eigenvalue weighted by Crippen LogP contribution is 2.23. The van der Waals surface area contributed by atoms with E-state index in [9.17, 15) is 8.42 Å². The van der Waals surface area contributed by atoms with E-state index in [0.717, 1.165) is 9.88 Å². The van der Waals surface area contributed by atoms with E-state index in [1.54, 1.807) is 24.5 Å². The summed E-state index contributed by atoms with van der Waals surface area (Å²) in [6.45, 7) is 3.12. The molecule has 0 saturated carbocycles. The summed E-state index contributed by atoms with van der Waals surface area (Å²) in [4.78, 5) is 10.5. The fourth-order valence-electron chi connectivity index (χ4n) is 1.81. The Bertz CT molecular complexity index is 814. The second-order valence-corrected chi connectivity index (χ2v) is 10.0. The summed E-state index contributed by atoms with van der Waals surface area (Å²) in [7, 11) is 1.37. The van der Waals surface area contributed by atoms with Crippen LogP contribution in [0.1, 0.15) is 14.8 Å². The van der Waals surface area contributed by atoms with Crippen molar-refractivity contribution in [3.8, 4) is 0 Å². The standard InChI is InChI=1S/C14H21N5O2S3.HI/c1-10-7-16-12(22-10)9-18-14(15-2)17-8-11-5-6-13(23-11)24(20,21)19(3)4;/h5-7H,8-9H2,1-4H3,(H2,15,17,18);1H. The number of nitrogens with zero attached hydrogens (tertiary/aromatic N) is 3. The van der Waals surface area contributed by atoms with Gasteiger partial charge in [0.1, 0.15) is 9.22 Å². The van der Waals surface area contributed by atoms with E-state index in [1.807, 2.05) is 19.2 Å². The number of aromatic nitrogens is 1. The van der Waals surface area contributed by atoms with Crippen molar-refractivity contribution in [2.24, 2.45) is 4.99 Å². The molecule has 0 aliphatic carbocycles. The van der Waals surface area contributed by atoms with E-state index < -0.39 is 10.0 Å². The molecule has 0 saturated heterocycles. The zero-order chi connectivity index (χ0) is 17.7. The van der Waals surface area contributed by atoms with Gasteiger partial charge in [-0.15, -0.1) is 46.7 Å². The summed E-state index contributed by atoms with van der Waals surface area (Å²) in [5.74, 6) is 0.647. The van der Waals surface area contributed by atoms with Crippen molar-refractivity contribution in [3.05, 3.63) is 33.1 Å². The maximum absolute atomic E-state index is 12.1. The third-order valence-corrected chi connectivity index (χ3v) is 7.38. The van der Waals surface area contributed by atoms with Gasteiger partial charge in [0.15, 0.2) is 5.96 Å². The highest BCUT2D eigenvalue weighted by Gasteiger charge is 2.19. The van der Waals surface area contributed by atoms with Gasteiger partial charge >= 0.3 is 0 Å². The fourth-order valence-corrected chi connectivity index (χ4v) is 5.00. The van der Waals surface area contributed by atoms with Gasteiger partial charge in [-0.05, 0) is 19.1 Å². The van der Waals surface area contributed by atoms with Crippen molar-refractivity contribution in [1.82, 2.24) is 19.9 Å². The molecular formula is C14H22IN5O2S3. The molecule has 2 aromatic heterocycles. The lowest BCUT2D eigenvalue weighted by molar-refractivity contribution is 0.523. The van der Waals surface area contributed by atoms with Gasteiger partial charge < -0.3 is 10.6 Å². The molecule has 0 radical (unpaired) electrons. The molecule has 25 heavy (non-hydrogen) atoms. The van der Waals surface area contributed by atoms with Gasteiger partial charge in [-0.25, -0.2) is 17.7 Å². The van der Waals surface area contributed by atoms with E-state index in [4.69, 9.17) is 0 Å². The normalized spacial score (nSPS) is 12.1. The van der Waals surface area contributed by atoms with Crippen LogP contribution in [0.2, 0.25) is 0 Å². The molecule has 11 heteroatoms. The molecule has 7 nitrogen and oxygen atoms in total. The minimum Gasteiger partial charge on any atom is -0.352 e. The molecule has 2 N–H and O–H groups in total. The van der Waals surface area contributed by atoms with Crippen molar-refractivity contribution in [2.75, 3.05) is 21.1 Å². The average molecular weight is 515 g/mol. The Balaban J connectivity index is 0.00000312. The molecule has 0 aromatic carbocycles. The molecular weight excluding hydrogens is 493 g/mol. The van der Waals surface area contributed by atoms with Crippen LogP contribution in [0.4, 0.5) is 0 Å². The Morgan fingerprint density at radius 2 is 1.92 bits per heavy atom. The third-order valence-electron chi connectivity index (χ3n) is 3.10. The zero-order valence-corrected chi connectivity index (χ0v) is 19.2. The molecule has 0 aliphatic rings. The summed E-state index contributed by atoms with van der Waals surface area (Å²) in [5.41, 5.74) is 0. The van der Waals surface area contributed by atoms with Crippen molar-refractivity contribution >= 4 is 62.6 Å². The van der Waals surface area contributed by atoms with Gasteiger partial charge in [0.2, 0.25) is 0 Å². The largest absolute Gasteiger partial charge is 0.352 e. The van der Waals surface area contributed by atoms with E-state index in [2.05, 4.69) is 20.6 Å². The van der Waals surface area contributed by atoms with Gasteiger partial charge in [-0.2, -0.15) is 0 Å². The summed E-state index contributed by atoms with van der Waals surface area (Å²) >= 11 is 2.89. The van der Waals surface area contributed by atoms with Gasteiger partial charge in [0.05, 0.1) is 13.1 Å². The first-order valence-corrected chi connectivity index (χ1v) is 10.3. The Hall–Kier alpha value is -0.760. The first-order chi connectivity index (χ1) is 11.3. The minimum atomic E-state index is -3.37. The molecule has 2 aromatic rings. The molecule has 0 bridgehead atoms. The summed E-state index contributed by atoms with van der Waals surface area (Å²) in [6.07, 6.45) is 1.84. The van der Waals surface area contributed by atoms with Crippen molar-refractivity contribution < 1.29 is 8.42 Å².